The minimum absolute atomic E-state index is 0.117. The lowest BCUT2D eigenvalue weighted by atomic mass is 10.1. The molecule has 0 aromatic heterocycles. The second-order valence-corrected chi connectivity index (χ2v) is 19.4. The molecule has 6 aromatic rings. The molecule has 0 saturated heterocycles. The Kier molecular flexibility index (Phi) is 19.1. The van der Waals surface area contributed by atoms with E-state index in [4.69, 9.17) is 18.9 Å². The molecule has 12 nitrogen and oxygen atoms in total. The average molecular weight is 1030 g/mol. The second kappa shape index (κ2) is 26.4. The van der Waals surface area contributed by atoms with Crippen LogP contribution in [0.15, 0.2) is 121 Å². The smallest absolute Gasteiger partial charge is 0.263 e. The van der Waals surface area contributed by atoms with E-state index in [1.54, 1.807) is 9.80 Å². The molecule has 2 amide bonds. The Balaban J connectivity index is 0.757. The van der Waals surface area contributed by atoms with E-state index < -0.39 is 0 Å². The normalized spacial score (nSPS) is 12.1. The third-order valence-electron chi connectivity index (χ3n) is 14.9. The fraction of sp³-hybridized carbons (Fsp3) is 0.406. The van der Waals surface area contributed by atoms with Crippen LogP contribution in [0.3, 0.4) is 0 Å². The summed E-state index contributed by atoms with van der Waals surface area (Å²) in [5.74, 6) is 3.96. The van der Waals surface area contributed by atoms with Crippen LogP contribution < -0.4 is 48.3 Å². The number of hydrogen-bond donors (Lipinski definition) is 0. The molecule has 0 aliphatic carbocycles. The van der Waals surface area contributed by atoms with Gasteiger partial charge in [0, 0.05) is 110 Å². The van der Waals surface area contributed by atoms with E-state index in [0.717, 1.165) is 135 Å². The number of unbranched alkanes of at least 4 members (excludes halogenated alkanes) is 7. The van der Waals surface area contributed by atoms with E-state index in [2.05, 4.69) is 99.3 Å². The summed E-state index contributed by atoms with van der Waals surface area (Å²) in [6.07, 6.45) is 8.91. The van der Waals surface area contributed by atoms with E-state index in [-0.39, 0.29) is 11.8 Å². The number of hydrogen-bond acceptors (Lipinski definition) is 10. The van der Waals surface area contributed by atoms with Gasteiger partial charge in [0.1, 0.15) is 11.5 Å². The molecule has 0 fully saturated rings. The minimum Gasteiger partial charge on any atom is -0.494 e. The van der Waals surface area contributed by atoms with Crippen molar-refractivity contribution < 1.29 is 28.5 Å². The van der Waals surface area contributed by atoms with Gasteiger partial charge in [-0.15, -0.1) is 0 Å². The number of ether oxygens (including phenoxy) is 4. The quantitative estimate of drug-likeness (QED) is 0.0465. The standard InChI is InChI=1S/C64H80N6O6/c1-9-65(10-2)49-29-37-55-59(43-49)75-60-44-50(66(11-3)12-4)30-38-56(60)69(55)63(71)47-25-33-53(34-26-47)73-41-23-21-19-17-18-20-22-24-42-74-54-35-27-48(28-36-54)64(72)70-57-39-31-51(67(13-5)14-6)45-61(57)76-62-46-52(32-40-58(62)70)68(15-7)16-8/h25-40,43-46H,9-24,41-42H2,1-8H3. The van der Waals surface area contributed by atoms with Gasteiger partial charge in [0.2, 0.25) is 0 Å². The van der Waals surface area contributed by atoms with Crippen molar-refractivity contribution in [3.63, 3.8) is 0 Å². The number of fused-ring (bicyclic) bond motifs is 4. The lowest BCUT2D eigenvalue weighted by Gasteiger charge is -2.33. The summed E-state index contributed by atoms with van der Waals surface area (Å²) in [7, 11) is 0. The maximum absolute atomic E-state index is 14.4. The van der Waals surface area contributed by atoms with Crippen LogP contribution in [0.2, 0.25) is 0 Å². The van der Waals surface area contributed by atoms with Gasteiger partial charge < -0.3 is 38.5 Å². The summed E-state index contributed by atoms with van der Waals surface area (Å²) >= 11 is 0. The zero-order valence-electron chi connectivity index (χ0n) is 46.4. The highest BCUT2D eigenvalue weighted by atomic mass is 16.5. The molecule has 0 saturated carbocycles. The molecule has 6 aromatic carbocycles. The molecule has 8 rings (SSSR count). The van der Waals surface area contributed by atoms with Crippen LogP contribution in [0.1, 0.15) is 127 Å². The van der Waals surface area contributed by atoms with Crippen molar-refractivity contribution in [2.45, 2.75) is 107 Å². The third kappa shape index (κ3) is 12.5. The molecule has 2 aliphatic heterocycles. The van der Waals surface area contributed by atoms with Crippen molar-refractivity contribution in [1.82, 2.24) is 0 Å². The summed E-state index contributed by atoms with van der Waals surface area (Å²) in [6, 6.07) is 39.5. The Labute approximate surface area is 452 Å². The second-order valence-electron chi connectivity index (χ2n) is 19.4. The molecule has 2 aliphatic rings. The number of benzene rings is 6. The molecular weight excluding hydrogens is 949 g/mol. The highest BCUT2D eigenvalue weighted by Crippen LogP contribution is 2.51. The number of rotatable bonds is 27. The fourth-order valence-corrected chi connectivity index (χ4v) is 10.4. The van der Waals surface area contributed by atoms with Gasteiger partial charge in [0.25, 0.3) is 11.8 Å². The fourth-order valence-electron chi connectivity index (χ4n) is 10.4. The molecule has 0 atom stereocenters. The molecule has 2 heterocycles. The minimum atomic E-state index is -0.117. The van der Waals surface area contributed by atoms with E-state index in [9.17, 15) is 9.59 Å². The molecule has 0 unspecified atom stereocenters. The monoisotopic (exact) mass is 1030 g/mol. The lowest BCUT2D eigenvalue weighted by molar-refractivity contribution is 0.0989. The van der Waals surface area contributed by atoms with Crippen LogP contribution in [0.5, 0.6) is 34.5 Å². The van der Waals surface area contributed by atoms with Crippen molar-refractivity contribution in [3.05, 3.63) is 132 Å². The van der Waals surface area contributed by atoms with Gasteiger partial charge in [-0.3, -0.25) is 19.4 Å². The summed E-state index contributed by atoms with van der Waals surface area (Å²) in [5.41, 5.74) is 8.33. The van der Waals surface area contributed by atoms with Gasteiger partial charge in [-0.1, -0.05) is 38.5 Å². The lowest BCUT2D eigenvalue weighted by Crippen LogP contribution is -2.29. The molecule has 0 bridgehead atoms. The topological polar surface area (TPSA) is 90.5 Å². The first-order valence-corrected chi connectivity index (χ1v) is 28.2. The Hall–Kier alpha value is -7.34. The largest absolute Gasteiger partial charge is 0.494 e. The Morgan fingerprint density at radius 2 is 0.605 bits per heavy atom. The van der Waals surface area contributed by atoms with Gasteiger partial charge in [-0.25, -0.2) is 0 Å². The highest BCUT2D eigenvalue weighted by Gasteiger charge is 2.33. The van der Waals surface area contributed by atoms with Crippen molar-refractivity contribution >= 4 is 57.3 Å². The zero-order valence-corrected chi connectivity index (χ0v) is 46.4. The number of amides is 2. The number of nitrogens with zero attached hydrogens (tertiary/aromatic N) is 6. The molecule has 0 spiro atoms. The van der Waals surface area contributed by atoms with Crippen LogP contribution in [-0.4, -0.2) is 77.4 Å². The summed E-state index contributed by atoms with van der Waals surface area (Å²) in [6.45, 7) is 25.4. The van der Waals surface area contributed by atoms with Gasteiger partial charge in [0.15, 0.2) is 23.0 Å². The summed E-state index contributed by atoms with van der Waals surface area (Å²) in [5, 5.41) is 0. The average Bonchev–Trinajstić information content (AvgIpc) is 3.48. The first kappa shape index (κ1) is 54.9. The van der Waals surface area contributed by atoms with Crippen LogP contribution in [-0.2, 0) is 0 Å². The van der Waals surface area contributed by atoms with Crippen molar-refractivity contribution in [1.29, 1.82) is 0 Å². The third-order valence-corrected chi connectivity index (χ3v) is 14.9. The van der Waals surface area contributed by atoms with E-state index >= 15 is 0 Å². The van der Waals surface area contributed by atoms with E-state index in [0.29, 0.717) is 47.3 Å². The number of carbonyl (C=O) groups excluding carboxylic acids is 2. The first-order chi connectivity index (χ1) is 37.2. The van der Waals surface area contributed by atoms with Crippen molar-refractivity contribution in [2.24, 2.45) is 0 Å². The summed E-state index contributed by atoms with van der Waals surface area (Å²) < 4.78 is 25.4. The van der Waals surface area contributed by atoms with Crippen LogP contribution in [0, 0.1) is 0 Å². The van der Waals surface area contributed by atoms with E-state index in [1.165, 1.54) is 25.7 Å². The zero-order chi connectivity index (χ0) is 53.6. The van der Waals surface area contributed by atoms with Gasteiger partial charge in [-0.05, 0) is 165 Å². The van der Waals surface area contributed by atoms with E-state index in [1.807, 2.05) is 97.1 Å². The Bertz CT molecular complexity index is 2540. The predicted molar refractivity (Wildman–Crippen MR) is 314 cm³/mol. The predicted octanol–water partition coefficient (Wildman–Crippen LogP) is 15.8. The van der Waals surface area contributed by atoms with Gasteiger partial charge in [0.05, 0.1) is 36.0 Å². The maximum atomic E-state index is 14.4. The van der Waals surface area contributed by atoms with Crippen molar-refractivity contribution in [2.75, 3.05) is 95.0 Å². The first-order valence-electron chi connectivity index (χ1n) is 28.2. The molecular formula is C64H80N6O6. The van der Waals surface area contributed by atoms with Crippen LogP contribution in [0.25, 0.3) is 0 Å². The number of anilines is 8. The highest BCUT2D eigenvalue weighted by molar-refractivity contribution is 6.14. The van der Waals surface area contributed by atoms with Crippen LogP contribution in [0.4, 0.5) is 45.5 Å². The van der Waals surface area contributed by atoms with Crippen molar-refractivity contribution in [3.8, 4) is 34.5 Å². The Morgan fingerprint density at radius 3 is 0.855 bits per heavy atom. The van der Waals surface area contributed by atoms with Crippen LogP contribution >= 0.6 is 0 Å². The van der Waals surface area contributed by atoms with Gasteiger partial charge in [-0.2, -0.15) is 0 Å². The molecule has 0 radical (unpaired) electrons. The molecule has 0 N–H and O–H groups in total. The SMILES string of the molecule is CCN(CC)c1ccc2c(c1)Oc1cc(N(CC)CC)ccc1N2C(=O)c1ccc(OCCCCCCCCCCOc2ccc(C(=O)N3c4ccc(N(CC)CC)cc4Oc4cc(N(CC)CC)ccc43)cc2)cc1. The molecule has 76 heavy (non-hydrogen) atoms. The van der Waals surface area contributed by atoms with Gasteiger partial charge >= 0.3 is 0 Å². The number of carbonyl (C=O) groups is 2. The Morgan fingerprint density at radius 1 is 0.355 bits per heavy atom. The molecule has 12 heteroatoms. The maximum Gasteiger partial charge on any atom is 0.263 e. The molecule has 402 valence electrons. The summed E-state index contributed by atoms with van der Waals surface area (Å²) in [4.78, 5) is 41.5.